The normalized spacial score (nSPS) is 37.9. The number of aliphatic hydroxyl groups is 3. The van der Waals surface area contributed by atoms with Crippen LogP contribution in [0.3, 0.4) is 0 Å². The fraction of sp³-hybridized carbons (Fsp3) is 0.720. The molecule has 0 aromatic heterocycles. The van der Waals surface area contributed by atoms with E-state index in [-0.39, 0.29) is 29.8 Å². The molecule has 1 amide bonds. The molecule has 208 valence electrons. The van der Waals surface area contributed by atoms with Crippen molar-refractivity contribution >= 4 is 29.3 Å². The third-order valence-electron chi connectivity index (χ3n) is 7.54. The van der Waals surface area contributed by atoms with Gasteiger partial charge >= 0.3 is 0 Å². The molecule has 0 aliphatic carbocycles. The van der Waals surface area contributed by atoms with E-state index >= 15 is 0 Å². The van der Waals surface area contributed by atoms with Gasteiger partial charge in [-0.2, -0.15) is 0 Å². The van der Waals surface area contributed by atoms with Crippen molar-refractivity contribution < 1.29 is 34.0 Å². The molecular formula is C25H37ClFN3O6S. The van der Waals surface area contributed by atoms with Gasteiger partial charge in [0.05, 0.1) is 17.5 Å². The topological polar surface area (TPSA) is 132 Å². The van der Waals surface area contributed by atoms with E-state index in [2.05, 4.69) is 16.0 Å². The summed E-state index contributed by atoms with van der Waals surface area (Å²) in [5.41, 5.74) is 0.233. The number of hydrogen-bond donors (Lipinski definition) is 6. The number of hydrogen-bond acceptors (Lipinski definition) is 9. The molecule has 0 radical (unpaired) electrons. The van der Waals surface area contributed by atoms with E-state index in [0.29, 0.717) is 19.7 Å². The van der Waals surface area contributed by atoms with E-state index in [0.717, 1.165) is 18.4 Å². The lowest BCUT2D eigenvalue weighted by atomic mass is 9.92. The molecule has 3 saturated heterocycles. The first-order valence-electron chi connectivity index (χ1n) is 12.7. The van der Waals surface area contributed by atoms with Crippen LogP contribution in [0.4, 0.5) is 4.39 Å². The summed E-state index contributed by atoms with van der Waals surface area (Å²) < 4.78 is 25.2. The summed E-state index contributed by atoms with van der Waals surface area (Å²) in [5.74, 6) is -0.464. The average Bonchev–Trinajstić information content (AvgIpc) is 3.16. The van der Waals surface area contributed by atoms with Crippen LogP contribution < -0.4 is 16.0 Å². The van der Waals surface area contributed by atoms with E-state index in [1.807, 2.05) is 0 Å². The van der Waals surface area contributed by atoms with Crippen molar-refractivity contribution in [1.82, 2.24) is 16.0 Å². The molecule has 1 aromatic rings. The number of rotatable bonds is 8. The second-order valence-electron chi connectivity index (χ2n) is 10.1. The summed E-state index contributed by atoms with van der Waals surface area (Å²) in [7, 11) is 0. The Morgan fingerprint density at radius 2 is 1.97 bits per heavy atom. The number of thioether (sulfide) groups is 1. The van der Waals surface area contributed by atoms with E-state index in [9.17, 15) is 24.5 Å². The third kappa shape index (κ3) is 6.77. The second kappa shape index (κ2) is 12.9. The fourth-order valence-electron chi connectivity index (χ4n) is 5.43. The monoisotopic (exact) mass is 561 g/mol. The highest BCUT2D eigenvalue weighted by Gasteiger charge is 2.49. The molecule has 37 heavy (non-hydrogen) atoms. The van der Waals surface area contributed by atoms with Gasteiger partial charge in [-0.1, -0.05) is 12.1 Å². The minimum Gasteiger partial charge on any atom is -0.388 e. The predicted octanol–water partition coefficient (Wildman–Crippen LogP) is 0.334. The van der Waals surface area contributed by atoms with Gasteiger partial charge in [-0.25, -0.2) is 4.39 Å². The number of fused-ring (bicyclic) bond motifs is 1. The van der Waals surface area contributed by atoms with Crippen LogP contribution in [0.2, 0.25) is 0 Å². The smallest absolute Gasteiger partial charge is 0.240 e. The standard InChI is InChI=1S/C25H37ClFN3O6S/c1-12(26)17(23-20(32)19(31)21(33)25(36-23)37-2)30-24(34)18-22-14(11-29-18)9-16(7-8-35-22)28-10-13-3-5-15(27)6-4-13/h3-6,12,14,16-23,25,28-29,31-33H,7-11H2,1-2H3,(H,30,34)/t12-,14-,16?,17+,18-,19+,20?,21+,22+,23+,25?/m0/s1. The number of carbonyl (C=O) groups excluding carboxylic acids is 1. The first kappa shape index (κ1) is 29.0. The molecule has 9 nitrogen and oxygen atoms in total. The maximum atomic E-state index is 13.4. The second-order valence-corrected chi connectivity index (χ2v) is 11.7. The van der Waals surface area contributed by atoms with Crippen LogP contribution in [0.5, 0.6) is 0 Å². The van der Waals surface area contributed by atoms with Crippen LogP contribution >= 0.6 is 23.4 Å². The lowest BCUT2D eigenvalue weighted by molar-refractivity contribution is -0.205. The Morgan fingerprint density at radius 1 is 1.24 bits per heavy atom. The first-order chi connectivity index (χ1) is 17.7. The Morgan fingerprint density at radius 3 is 2.65 bits per heavy atom. The number of ether oxygens (including phenoxy) is 2. The Balaban J connectivity index is 1.36. The van der Waals surface area contributed by atoms with Crippen molar-refractivity contribution in [2.75, 3.05) is 19.4 Å². The van der Waals surface area contributed by atoms with Crippen LogP contribution in [-0.2, 0) is 20.8 Å². The highest BCUT2D eigenvalue weighted by atomic mass is 35.5. The van der Waals surface area contributed by atoms with Crippen LogP contribution in [0.15, 0.2) is 24.3 Å². The minimum absolute atomic E-state index is 0.116. The van der Waals surface area contributed by atoms with Crippen LogP contribution in [0.1, 0.15) is 25.3 Å². The number of amides is 1. The van der Waals surface area contributed by atoms with E-state index in [1.54, 1.807) is 25.3 Å². The number of benzene rings is 1. The fourth-order valence-corrected chi connectivity index (χ4v) is 6.32. The van der Waals surface area contributed by atoms with Crippen LogP contribution in [0.25, 0.3) is 0 Å². The molecule has 0 saturated carbocycles. The largest absolute Gasteiger partial charge is 0.388 e. The first-order valence-corrected chi connectivity index (χ1v) is 14.4. The van der Waals surface area contributed by atoms with Gasteiger partial charge < -0.3 is 40.7 Å². The number of nitrogens with one attached hydrogen (secondary N) is 3. The molecule has 12 heteroatoms. The number of aliphatic hydroxyl groups excluding tert-OH is 3. The molecule has 3 aliphatic heterocycles. The zero-order valence-electron chi connectivity index (χ0n) is 20.9. The SMILES string of the molecule is CSC1O[C@H]([C@H](NC(=O)[C@H]2NC[C@@H]3CC(NCc4ccc(F)cc4)CCO[C@H]32)[C@H](C)Cl)C(O)[C@@H](O)[C@H]1O. The highest BCUT2D eigenvalue weighted by Crippen LogP contribution is 2.31. The highest BCUT2D eigenvalue weighted by molar-refractivity contribution is 7.99. The van der Waals surface area contributed by atoms with Gasteiger partial charge in [-0.15, -0.1) is 23.4 Å². The molecule has 3 fully saturated rings. The molecule has 4 rings (SSSR count). The maximum absolute atomic E-state index is 13.4. The molecule has 0 spiro atoms. The third-order valence-corrected chi connectivity index (χ3v) is 8.67. The molecular weight excluding hydrogens is 525 g/mol. The Labute approximate surface area is 225 Å². The van der Waals surface area contributed by atoms with Gasteiger partial charge in [-0.05, 0) is 43.7 Å². The molecule has 3 heterocycles. The zero-order valence-corrected chi connectivity index (χ0v) is 22.5. The summed E-state index contributed by atoms with van der Waals surface area (Å²) in [4.78, 5) is 13.4. The summed E-state index contributed by atoms with van der Waals surface area (Å²) in [6, 6.07) is 5.20. The quantitative estimate of drug-likeness (QED) is 0.249. The Hall–Kier alpha value is -1.02. The van der Waals surface area contributed by atoms with Gasteiger partial charge in [0.1, 0.15) is 41.7 Å². The summed E-state index contributed by atoms with van der Waals surface area (Å²) >= 11 is 7.61. The minimum atomic E-state index is -1.43. The van der Waals surface area contributed by atoms with Crippen molar-refractivity contribution in [2.45, 2.75) is 85.8 Å². The summed E-state index contributed by atoms with van der Waals surface area (Å²) in [6.45, 7) is 3.41. The maximum Gasteiger partial charge on any atom is 0.240 e. The Kier molecular flexibility index (Phi) is 10.1. The summed E-state index contributed by atoms with van der Waals surface area (Å²) in [6.07, 6.45) is -2.09. The molecule has 3 unspecified atom stereocenters. The van der Waals surface area contributed by atoms with Crippen molar-refractivity contribution in [3.8, 4) is 0 Å². The van der Waals surface area contributed by atoms with Gasteiger partial charge in [-0.3, -0.25) is 4.79 Å². The van der Waals surface area contributed by atoms with Crippen LogP contribution in [0, 0.1) is 11.7 Å². The number of halogens is 2. The zero-order chi connectivity index (χ0) is 26.7. The number of alkyl halides is 1. The average molecular weight is 562 g/mol. The van der Waals surface area contributed by atoms with Crippen molar-refractivity contribution in [1.29, 1.82) is 0 Å². The molecule has 1 aromatic carbocycles. The lowest BCUT2D eigenvalue weighted by Gasteiger charge is -2.44. The van der Waals surface area contributed by atoms with Crippen molar-refractivity contribution in [2.24, 2.45) is 5.92 Å². The summed E-state index contributed by atoms with van der Waals surface area (Å²) in [5, 5.41) is 40.2. The van der Waals surface area contributed by atoms with Gasteiger partial charge in [0.25, 0.3) is 0 Å². The Bertz CT molecular complexity index is 900. The van der Waals surface area contributed by atoms with Gasteiger partial charge in [0.15, 0.2) is 0 Å². The lowest BCUT2D eigenvalue weighted by Crippen LogP contribution is -2.65. The van der Waals surface area contributed by atoms with Crippen molar-refractivity contribution in [3.63, 3.8) is 0 Å². The van der Waals surface area contributed by atoms with Crippen LogP contribution in [-0.4, -0.2) is 100 Å². The van der Waals surface area contributed by atoms with E-state index < -0.39 is 47.3 Å². The predicted molar refractivity (Wildman–Crippen MR) is 139 cm³/mol. The number of carbonyl (C=O) groups is 1. The molecule has 11 atom stereocenters. The van der Waals surface area contributed by atoms with Gasteiger partial charge in [0, 0.05) is 31.7 Å². The molecule has 3 aliphatic rings. The van der Waals surface area contributed by atoms with E-state index in [1.165, 1.54) is 23.9 Å². The molecule has 6 N–H and O–H groups in total. The molecule has 0 bridgehead atoms. The van der Waals surface area contributed by atoms with Gasteiger partial charge in [0.2, 0.25) is 5.91 Å². The van der Waals surface area contributed by atoms with Crippen molar-refractivity contribution in [3.05, 3.63) is 35.6 Å². The van der Waals surface area contributed by atoms with E-state index in [4.69, 9.17) is 21.1 Å².